The first-order valence-electron chi connectivity index (χ1n) is 6.31. The van der Waals surface area contributed by atoms with Gasteiger partial charge >= 0.3 is 12.0 Å². The minimum absolute atomic E-state index is 0.0252. The molecule has 2 aromatic rings. The molecule has 5 heteroatoms. The summed E-state index contributed by atoms with van der Waals surface area (Å²) in [5, 5.41) is 15.9. The Bertz CT molecular complexity index is 747. The highest BCUT2D eigenvalue weighted by Gasteiger charge is 2.14. The molecule has 1 atom stereocenters. The normalized spacial score (nSPS) is 11.4. The van der Waals surface area contributed by atoms with Gasteiger partial charge in [0.2, 0.25) is 0 Å². The molecule has 0 bridgehead atoms. The van der Waals surface area contributed by atoms with Gasteiger partial charge in [0.1, 0.15) is 0 Å². The van der Waals surface area contributed by atoms with Crippen LogP contribution in [0.4, 0.5) is 10.5 Å². The summed E-state index contributed by atoms with van der Waals surface area (Å²) in [5.74, 6) is 1.25. The molecule has 2 aromatic carbocycles. The van der Waals surface area contributed by atoms with Crippen molar-refractivity contribution in [1.29, 1.82) is 0 Å². The van der Waals surface area contributed by atoms with Crippen molar-refractivity contribution in [3.05, 3.63) is 42.0 Å². The Kier molecular flexibility index (Phi) is 4.10. The van der Waals surface area contributed by atoms with Crippen LogP contribution >= 0.6 is 0 Å². The summed E-state index contributed by atoms with van der Waals surface area (Å²) in [6, 6.07) is 9.48. The van der Waals surface area contributed by atoms with Gasteiger partial charge in [-0.2, -0.15) is 0 Å². The molecule has 0 saturated heterocycles. The van der Waals surface area contributed by atoms with Gasteiger partial charge in [-0.1, -0.05) is 30.2 Å². The lowest BCUT2D eigenvalue weighted by Crippen LogP contribution is -2.35. The molecule has 0 aliphatic heterocycles. The second-order valence-corrected chi connectivity index (χ2v) is 4.54. The van der Waals surface area contributed by atoms with E-state index in [0.29, 0.717) is 0 Å². The molecule has 0 fully saturated rings. The van der Waals surface area contributed by atoms with Crippen LogP contribution < -0.4 is 10.6 Å². The van der Waals surface area contributed by atoms with Crippen LogP contribution in [0.1, 0.15) is 17.3 Å². The first-order chi connectivity index (χ1) is 10.0. The highest BCUT2D eigenvalue weighted by atomic mass is 16.4. The summed E-state index contributed by atoms with van der Waals surface area (Å²) < 4.78 is 0. The highest BCUT2D eigenvalue weighted by Crippen LogP contribution is 2.24. The lowest BCUT2D eigenvalue weighted by atomic mass is 10.0. The predicted octanol–water partition coefficient (Wildman–Crippen LogP) is 2.68. The van der Waals surface area contributed by atoms with Gasteiger partial charge < -0.3 is 15.7 Å². The SMILES string of the molecule is C#CC(C)NC(=O)Nc1cc2ccccc2cc1C(=O)O. The number of hydrogen-bond acceptors (Lipinski definition) is 2. The van der Waals surface area contributed by atoms with Crippen LogP contribution in [0.5, 0.6) is 0 Å². The summed E-state index contributed by atoms with van der Waals surface area (Å²) in [7, 11) is 0. The van der Waals surface area contributed by atoms with Gasteiger partial charge in [0.25, 0.3) is 0 Å². The third-order valence-electron chi connectivity index (χ3n) is 2.96. The molecule has 0 saturated carbocycles. The average Bonchev–Trinajstić information content (AvgIpc) is 2.46. The quantitative estimate of drug-likeness (QED) is 0.757. The van der Waals surface area contributed by atoms with Gasteiger partial charge in [0.05, 0.1) is 17.3 Å². The fourth-order valence-corrected chi connectivity index (χ4v) is 1.92. The molecule has 2 rings (SSSR count). The lowest BCUT2D eigenvalue weighted by molar-refractivity contribution is 0.0698. The fourth-order valence-electron chi connectivity index (χ4n) is 1.92. The molecule has 0 heterocycles. The summed E-state index contributed by atoms with van der Waals surface area (Å²) >= 11 is 0. The van der Waals surface area contributed by atoms with Crippen molar-refractivity contribution in [2.24, 2.45) is 0 Å². The van der Waals surface area contributed by atoms with Crippen LogP contribution in [0, 0.1) is 12.3 Å². The second kappa shape index (κ2) is 5.97. The second-order valence-electron chi connectivity index (χ2n) is 4.54. The number of aromatic carboxylic acids is 1. The van der Waals surface area contributed by atoms with E-state index in [-0.39, 0.29) is 11.3 Å². The zero-order valence-corrected chi connectivity index (χ0v) is 11.4. The number of benzene rings is 2. The van der Waals surface area contributed by atoms with E-state index in [9.17, 15) is 14.7 Å². The van der Waals surface area contributed by atoms with Gasteiger partial charge in [-0.3, -0.25) is 0 Å². The van der Waals surface area contributed by atoms with E-state index < -0.39 is 18.0 Å². The van der Waals surface area contributed by atoms with E-state index in [1.807, 2.05) is 24.3 Å². The van der Waals surface area contributed by atoms with Crippen LogP contribution in [-0.4, -0.2) is 23.1 Å². The molecule has 0 radical (unpaired) electrons. The Balaban J connectivity index is 2.37. The number of rotatable bonds is 3. The van der Waals surface area contributed by atoms with Crippen LogP contribution in [0.2, 0.25) is 0 Å². The molecule has 21 heavy (non-hydrogen) atoms. The maximum absolute atomic E-state index is 11.8. The highest BCUT2D eigenvalue weighted by molar-refractivity contribution is 6.04. The van der Waals surface area contributed by atoms with Gasteiger partial charge in [0.15, 0.2) is 0 Å². The lowest BCUT2D eigenvalue weighted by Gasteiger charge is -2.12. The third kappa shape index (κ3) is 3.31. The molecular formula is C16H14N2O3. The first-order valence-corrected chi connectivity index (χ1v) is 6.31. The van der Waals surface area contributed by atoms with Crippen LogP contribution in [-0.2, 0) is 0 Å². The number of terminal acetylenes is 1. The van der Waals surface area contributed by atoms with E-state index in [1.165, 1.54) is 6.07 Å². The van der Waals surface area contributed by atoms with E-state index in [2.05, 4.69) is 16.6 Å². The van der Waals surface area contributed by atoms with Crippen molar-refractivity contribution in [2.75, 3.05) is 5.32 Å². The van der Waals surface area contributed by atoms with Crippen molar-refractivity contribution in [3.8, 4) is 12.3 Å². The van der Waals surface area contributed by atoms with Crippen LogP contribution in [0.3, 0.4) is 0 Å². The molecule has 1 unspecified atom stereocenters. The molecule has 106 valence electrons. The average molecular weight is 282 g/mol. The first kappa shape index (κ1) is 14.4. The maximum atomic E-state index is 11.8. The fraction of sp³-hybridized carbons (Fsp3) is 0.125. The Hall–Kier alpha value is -3.00. The van der Waals surface area contributed by atoms with Gasteiger partial charge in [-0.05, 0) is 29.8 Å². The van der Waals surface area contributed by atoms with E-state index in [1.54, 1.807) is 13.0 Å². The number of carboxylic acid groups (broad SMARTS) is 1. The Morgan fingerprint density at radius 3 is 2.43 bits per heavy atom. The number of urea groups is 1. The molecule has 5 nitrogen and oxygen atoms in total. The maximum Gasteiger partial charge on any atom is 0.337 e. The minimum atomic E-state index is -1.11. The van der Waals surface area contributed by atoms with Gasteiger partial charge in [-0.25, -0.2) is 9.59 Å². The Labute approximate surface area is 122 Å². The molecule has 0 aliphatic rings. The third-order valence-corrected chi connectivity index (χ3v) is 2.96. The number of fused-ring (bicyclic) bond motifs is 1. The van der Waals surface area contributed by atoms with Crippen molar-refractivity contribution < 1.29 is 14.7 Å². The summed E-state index contributed by atoms with van der Waals surface area (Å²) in [6.07, 6.45) is 5.18. The number of carboxylic acids is 1. The number of amides is 2. The van der Waals surface area contributed by atoms with E-state index in [0.717, 1.165) is 10.8 Å². The van der Waals surface area contributed by atoms with Crippen molar-refractivity contribution >= 4 is 28.5 Å². The minimum Gasteiger partial charge on any atom is -0.478 e. The largest absolute Gasteiger partial charge is 0.478 e. The molecule has 3 N–H and O–H groups in total. The number of hydrogen-bond donors (Lipinski definition) is 3. The Morgan fingerprint density at radius 1 is 1.24 bits per heavy atom. The molecular weight excluding hydrogens is 268 g/mol. The smallest absolute Gasteiger partial charge is 0.337 e. The molecule has 0 aromatic heterocycles. The van der Waals surface area contributed by atoms with Crippen LogP contribution in [0.15, 0.2) is 36.4 Å². The van der Waals surface area contributed by atoms with Crippen molar-refractivity contribution in [1.82, 2.24) is 5.32 Å². The van der Waals surface area contributed by atoms with Crippen molar-refractivity contribution in [2.45, 2.75) is 13.0 Å². The van der Waals surface area contributed by atoms with Crippen LogP contribution in [0.25, 0.3) is 10.8 Å². The van der Waals surface area contributed by atoms with Gasteiger partial charge in [-0.15, -0.1) is 6.42 Å². The Morgan fingerprint density at radius 2 is 1.86 bits per heavy atom. The number of nitrogens with one attached hydrogen (secondary N) is 2. The monoisotopic (exact) mass is 282 g/mol. The number of carbonyl (C=O) groups is 2. The molecule has 0 aliphatic carbocycles. The molecule has 2 amide bonds. The summed E-state index contributed by atoms with van der Waals surface area (Å²) in [6.45, 7) is 1.65. The topological polar surface area (TPSA) is 78.4 Å². The zero-order valence-electron chi connectivity index (χ0n) is 11.4. The summed E-state index contributed by atoms with van der Waals surface area (Å²) in [4.78, 5) is 23.1. The number of carbonyl (C=O) groups excluding carboxylic acids is 1. The van der Waals surface area contributed by atoms with E-state index in [4.69, 9.17) is 6.42 Å². The summed E-state index contributed by atoms with van der Waals surface area (Å²) in [5.41, 5.74) is 0.250. The molecule has 0 spiro atoms. The predicted molar refractivity (Wildman–Crippen MR) is 81.4 cm³/mol. The zero-order chi connectivity index (χ0) is 15.4. The van der Waals surface area contributed by atoms with Gasteiger partial charge in [0, 0.05) is 0 Å². The number of anilines is 1. The van der Waals surface area contributed by atoms with E-state index >= 15 is 0 Å². The van der Waals surface area contributed by atoms with Crippen molar-refractivity contribution in [3.63, 3.8) is 0 Å². The standard InChI is InChI=1S/C16H14N2O3/c1-3-10(2)17-16(21)18-14-9-12-7-5-4-6-11(12)8-13(14)15(19)20/h1,4-10H,2H3,(H,19,20)(H2,17,18,21).